The van der Waals surface area contributed by atoms with Gasteiger partial charge in [-0.2, -0.15) is 0 Å². The van der Waals surface area contributed by atoms with Crippen molar-refractivity contribution < 1.29 is 13.6 Å². The molecule has 2 aromatic heterocycles. The lowest BCUT2D eigenvalue weighted by molar-refractivity contribution is -0.118. The Bertz CT molecular complexity index is 1160. The van der Waals surface area contributed by atoms with Crippen LogP contribution < -0.4 is 4.90 Å². The van der Waals surface area contributed by atoms with Crippen LogP contribution in [0, 0.1) is 26.6 Å². The van der Waals surface area contributed by atoms with Crippen LogP contribution in [0.25, 0.3) is 10.2 Å². The molecule has 0 spiro atoms. The number of hydrogen-bond donors (Lipinski definition) is 0. The normalized spacial score (nSPS) is 11.2. The highest BCUT2D eigenvalue weighted by molar-refractivity contribution is 7.22. The summed E-state index contributed by atoms with van der Waals surface area (Å²) in [5.74, 6) is 0.277. The summed E-state index contributed by atoms with van der Waals surface area (Å²) in [6, 6.07) is 12.3. The number of hydrogen-bond acceptors (Lipinski definition) is 4. The fourth-order valence-corrected chi connectivity index (χ4v) is 4.57. The zero-order chi connectivity index (χ0) is 20.5. The second-order valence-corrected chi connectivity index (χ2v) is 8.23. The number of thiazole rings is 1. The Balaban J connectivity index is 1.70. The van der Waals surface area contributed by atoms with E-state index in [1.807, 2.05) is 19.9 Å². The largest absolute Gasteiger partial charge is 0.467 e. The molecule has 0 aliphatic rings. The van der Waals surface area contributed by atoms with Crippen LogP contribution in [0.3, 0.4) is 0 Å². The van der Waals surface area contributed by atoms with Crippen LogP contribution in [0.5, 0.6) is 0 Å². The van der Waals surface area contributed by atoms with Gasteiger partial charge in [0.1, 0.15) is 11.6 Å². The van der Waals surface area contributed by atoms with E-state index in [0.717, 1.165) is 16.7 Å². The van der Waals surface area contributed by atoms with Gasteiger partial charge in [-0.1, -0.05) is 29.0 Å². The number of halogens is 1. The van der Waals surface area contributed by atoms with Crippen molar-refractivity contribution >= 4 is 32.6 Å². The maximum Gasteiger partial charge on any atom is 0.233 e. The van der Waals surface area contributed by atoms with E-state index in [1.54, 1.807) is 23.3 Å². The molecule has 2 heterocycles. The number of aryl methyl sites for hydroxylation is 3. The Morgan fingerprint density at radius 3 is 2.59 bits per heavy atom. The molecule has 0 fully saturated rings. The van der Waals surface area contributed by atoms with Crippen molar-refractivity contribution in [1.29, 1.82) is 0 Å². The summed E-state index contributed by atoms with van der Waals surface area (Å²) in [5, 5.41) is 0.536. The summed E-state index contributed by atoms with van der Waals surface area (Å²) in [7, 11) is 0. The second-order valence-electron chi connectivity index (χ2n) is 7.22. The Morgan fingerprint density at radius 1 is 1.14 bits per heavy atom. The van der Waals surface area contributed by atoms with Crippen LogP contribution in [0.1, 0.15) is 28.0 Å². The van der Waals surface area contributed by atoms with E-state index >= 15 is 0 Å². The molecule has 0 aliphatic heterocycles. The average molecular weight is 408 g/mol. The molecule has 0 N–H and O–H groups in total. The molecular formula is C23H21FN2O2S. The number of aromatic nitrogens is 1. The summed E-state index contributed by atoms with van der Waals surface area (Å²) < 4.78 is 19.8. The molecule has 0 saturated carbocycles. The van der Waals surface area contributed by atoms with Crippen molar-refractivity contribution in [3.63, 3.8) is 0 Å². The monoisotopic (exact) mass is 408 g/mol. The van der Waals surface area contributed by atoms with Crippen molar-refractivity contribution in [2.45, 2.75) is 33.7 Å². The van der Waals surface area contributed by atoms with Crippen LogP contribution in [0.15, 0.2) is 53.1 Å². The minimum Gasteiger partial charge on any atom is -0.467 e. The van der Waals surface area contributed by atoms with Gasteiger partial charge in [0.2, 0.25) is 5.91 Å². The number of benzene rings is 2. The number of carbonyl (C=O) groups is 1. The summed E-state index contributed by atoms with van der Waals surface area (Å²) in [4.78, 5) is 19.5. The summed E-state index contributed by atoms with van der Waals surface area (Å²) in [6.07, 6.45) is 1.85. The molecule has 0 atom stereocenters. The average Bonchev–Trinajstić information content (AvgIpc) is 3.31. The fraction of sp³-hybridized carbons (Fsp3) is 0.217. The molecule has 6 heteroatoms. The van der Waals surface area contributed by atoms with E-state index in [9.17, 15) is 9.18 Å². The first-order chi connectivity index (χ1) is 13.9. The third-order valence-corrected chi connectivity index (χ3v) is 5.97. The van der Waals surface area contributed by atoms with Gasteiger partial charge < -0.3 is 4.42 Å². The molecule has 0 bridgehead atoms. The highest BCUT2D eigenvalue weighted by Gasteiger charge is 2.23. The van der Waals surface area contributed by atoms with E-state index in [4.69, 9.17) is 4.42 Å². The smallest absolute Gasteiger partial charge is 0.233 e. The summed E-state index contributed by atoms with van der Waals surface area (Å²) >= 11 is 1.30. The second kappa shape index (κ2) is 7.79. The van der Waals surface area contributed by atoms with Gasteiger partial charge in [-0.15, -0.1) is 0 Å². The van der Waals surface area contributed by atoms with Crippen LogP contribution in [0.4, 0.5) is 9.52 Å². The highest BCUT2D eigenvalue weighted by atomic mass is 32.1. The minimum atomic E-state index is -0.317. The lowest BCUT2D eigenvalue weighted by Crippen LogP contribution is -2.32. The Kier molecular flexibility index (Phi) is 5.20. The van der Waals surface area contributed by atoms with Crippen LogP contribution >= 0.6 is 11.3 Å². The molecule has 4 aromatic rings. The lowest BCUT2D eigenvalue weighted by Gasteiger charge is -2.20. The van der Waals surface area contributed by atoms with E-state index in [2.05, 4.69) is 24.0 Å². The van der Waals surface area contributed by atoms with Crippen molar-refractivity contribution in [3.8, 4) is 0 Å². The van der Waals surface area contributed by atoms with E-state index in [-0.39, 0.29) is 24.7 Å². The third-order valence-electron chi connectivity index (χ3n) is 4.93. The van der Waals surface area contributed by atoms with Crippen LogP contribution in [0.2, 0.25) is 0 Å². The molecule has 0 unspecified atom stereocenters. The Labute approximate surface area is 172 Å². The minimum absolute atomic E-state index is 0.0732. The molecule has 0 saturated heterocycles. The first kappa shape index (κ1) is 19.3. The molecular weight excluding hydrogens is 387 g/mol. The van der Waals surface area contributed by atoms with Gasteiger partial charge >= 0.3 is 0 Å². The number of nitrogens with zero attached hydrogens (tertiary/aromatic N) is 2. The Morgan fingerprint density at radius 2 is 1.90 bits per heavy atom. The molecule has 0 radical (unpaired) electrons. The van der Waals surface area contributed by atoms with Crippen molar-refractivity contribution in [1.82, 2.24) is 4.98 Å². The maximum atomic E-state index is 13.6. The van der Waals surface area contributed by atoms with Gasteiger partial charge in [0.15, 0.2) is 5.13 Å². The third kappa shape index (κ3) is 4.07. The number of carbonyl (C=O) groups excluding carboxylic acids is 1. The van der Waals surface area contributed by atoms with Crippen molar-refractivity contribution in [2.75, 3.05) is 4.90 Å². The Hall–Kier alpha value is -2.99. The SMILES string of the molecule is Cc1cc(C)c(CC(=O)N(Cc2ccco2)c2nc3ccc(F)cc3s2)c(C)c1. The van der Waals surface area contributed by atoms with Crippen molar-refractivity contribution in [3.05, 3.63) is 82.6 Å². The number of furan rings is 1. The number of anilines is 1. The molecule has 4 nitrogen and oxygen atoms in total. The maximum absolute atomic E-state index is 13.6. The van der Waals surface area contributed by atoms with Gasteiger partial charge in [0.25, 0.3) is 0 Å². The van der Waals surface area contributed by atoms with Crippen molar-refractivity contribution in [2.24, 2.45) is 0 Å². The predicted octanol–water partition coefficient (Wildman–Crippen LogP) is 5.73. The molecule has 2 aromatic carbocycles. The quantitative estimate of drug-likeness (QED) is 0.424. The lowest BCUT2D eigenvalue weighted by atomic mass is 9.97. The van der Waals surface area contributed by atoms with Gasteiger partial charge in [0.05, 0.1) is 29.4 Å². The van der Waals surface area contributed by atoms with E-state index < -0.39 is 0 Å². The standard InChI is InChI=1S/C23H21FN2O2S/c1-14-9-15(2)19(16(3)10-14)12-22(27)26(13-18-5-4-8-28-18)23-25-20-7-6-17(24)11-21(20)29-23/h4-11H,12-13H2,1-3H3. The summed E-state index contributed by atoms with van der Waals surface area (Å²) in [5.41, 5.74) is 5.07. The predicted molar refractivity (Wildman–Crippen MR) is 114 cm³/mol. The van der Waals surface area contributed by atoms with Gasteiger partial charge in [-0.25, -0.2) is 9.37 Å². The highest BCUT2D eigenvalue weighted by Crippen LogP contribution is 2.31. The summed E-state index contributed by atoms with van der Waals surface area (Å²) in [6.45, 7) is 6.38. The number of fused-ring (bicyclic) bond motifs is 1. The fourth-order valence-electron chi connectivity index (χ4n) is 3.56. The molecule has 4 rings (SSSR count). The van der Waals surface area contributed by atoms with Gasteiger partial charge in [-0.05, 0) is 67.8 Å². The van der Waals surface area contributed by atoms with Gasteiger partial charge in [0, 0.05) is 0 Å². The molecule has 29 heavy (non-hydrogen) atoms. The molecule has 148 valence electrons. The van der Waals surface area contributed by atoms with E-state index in [0.29, 0.717) is 21.1 Å². The zero-order valence-corrected chi connectivity index (χ0v) is 17.3. The zero-order valence-electron chi connectivity index (χ0n) is 16.5. The number of amides is 1. The van der Waals surface area contributed by atoms with Gasteiger partial charge in [-0.3, -0.25) is 9.69 Å². The van der Waals surface area contributed by atoms with Crippen LogP contribution in [-0.4, -0.2) is 10.9 Å². The topological polar surface area (TPSA) is 46.3 Å². The number of rotatable bonds is 5. The van der Waals surface area contributed by atoms with E-state index in [1.165, 1.54) is 29.0 Å². The van der Waals surface area contributed by atoms with Crippen LogP contribution in [-0.2, 0) is 17.8 Å². The molecule has 0 aliphatic carbocycles. The first-order valence-electron chi connectivity index (χ1n) is 9.36. The first-order valence-corrected chi connectivity index (χ1v) is 10.2. The molecule has 1 amide bonds.